The van der Waals surface area contributed by atoms with Gasteiger partial charge in [0.1, 0.15) is 5.75 Å². The summed E-state index contributed by atoms with van der Waals surface area (Å²) in [5.41, 5.74) is 3.51. The Balaban J connectivity index is 1.58. The molecule has 0 aliphatic carbocycles. The van der Waals surface area contributed by atoms with Crippen molar-refractivity contribution in [2.75, 3.05) is 6.26 Å². The second-order valence-corrected chi connectivity index (χ2v) is 8.23. The van der Waals surface area contributed by atoms with Gasteiger partial charge in [0.05, 0.1) is 16.6 Å². The van der Waals surface area contributed by atoms with Crippen LogP contribution in [-0.2, 0) is 0 Å². The Labute approximate surface area is 161 Å². The zero-order valence-electron chi connectivity index (χ0n) is 14.3. The van der Waals surface area contributed by atoms with Crippen LogP contribution in [0.25, 0.3) is 0 Å². The number of thiophene rings is 1. The average Bonchev–Trinajstić information content (AvgIpc) is 3.37. The summed E-state index contributed by atoms with van der Waals surface area (Å²) in [7, 11) is 0. The molecule has 0 bridgehead atoms. The molecule has 130 valence electrons. The van der Waals surface area contributed by atoms with E-state index in [1.54, 1.807) is 23.1 Å². The van der Waals surface area contributed by atoms with Crippen molar-refractivity contribution in [1.29, 1.82) is 0 Å². The van der Waals surface area contributed by atoms with E-state index in [1.165, 1.54) is 15.3 Å². The molecule has 3 heterocycles. The highest BCUT2D eigenvalue weighted by Gasteiger charge is 2.40. The molecule has 0 radical (unpaired) electrons. The van der Waals surface area contributed by atoms with Crippen molar-refractivity contribution in [3.05, 3.63) is 82.0 Å². The molecule has 0 N–H and O–H groups in total. The number of hydrazone groups is 1. The van der Waals surface area contributed by atoms with Gasteiger partial charge in [-0.15, -0.1) is 23.1 Å². The SMILES string of the molecule is CSc1ccc([C@H]2Oc3ccccc3[C@H]3CC(c4cccs4)=NN32)cc1. The number of hydrogen-bond donors (Lipinski definition) is 0. The van der Waals surface area contributed by atoms with Gasteiger partial charge in [-0.05, 0) is 35.9 Å². The highest BCUT2D eigenvalue weighted by molar-refractivity contribution is 7.98. The summed E-state index contributed by atoms with van der Waals surface area (Å²) in [6, 6.07) is 21.4. The summed E-state index contributed by atoms with van der Waals surface area (Å²) >= 11 is 3.50. The summed E-state index contributed by atoms with van der Waals surface area (Å²) in [4.78, 5) is 2.50. The predicted octanol–water partition coefficient (Wildman–Crippen LogP) is 5.71. The van der Waals surface area contributed by atoms with Crippen LogP contribution in [0.2, 0.25) is 0 Å². The normalized spacial score (nSPS) is 21.0. The fourth-order valence-electron chi connectivity index (χ4n) is 3.61. The predicted molar refractivity (Wildman–Crippen MR) is 108 cm³/mol. The van der Waals surface area contributed by atoms with E-state index >= 15 is 0 Å². The van der Waals surface area contributed by atoms with Crippen LogP contribution >= 0.6 is 23.1 Å². The second kappa shape index (κ2) is 6.49. The third-order valence-electron chi connectivity index (χ3n) is 4.91. The van der Waals surface area contributed by atoms with Gasteiger partial charge in [-0.1, -0.05) is 36.4 Å². The van der Waals surface area contributed by atoms with E-state index in [-0.39, 0.29) is 12.3 Å². The van der Waals surface area contributed by atoms with Gasteiger partial charge in [0, 0.05) is 22.4 Å². The van der Waals surface area contributed by atoms with Gasteiger partial charge in [-0.2, -0.15) is 5.10 Å². The summed E-state index contributed by atoms with van der Waals surface area (Å²) < 4.78 is 6.39. The van der Waals surface area contributed by atoms with Crippen LogP contribution in [-0.4, -0.2) is 17.0 Å². The third-order valence-corrected chi connectivity index (χ3v) is 6.57. The maximum atomic E-state index is 6.39. The molecule has 2 aliphatic heterocycles. The maximum Gasteiger partial charge on any atom is 0.213 e. The van der Waals surface area contributed by atoms with Crippen molar-refractivity contribution in [2.45, 2.75) is 23.6 Å². The molecule has 3 aromatic rings. The number of para-hydroxylation sites is 1. The molecule has 1 aromatic heterocycles. The first-order chi connectivity index (χ1) is 12.8. The molecule has 26 heavy (non-hydrogen) atoms. The van der Waals surface area contributed by atoms with Crippen LogP contribution in [0.5, 0.6) is 5.75 Å². The first-order valence-electron chi connectivity index (χ1n) is 8.63. The van der Waals surface area contributed by atoms with Gasteiger partial charge in [0.25, 0.3) is 0 Å². The van der Waals surface area contributed by atoms with E-state index in [9.17, 15) is 0 Å². The molecule has 3 nitrogen and oxygen atoms in total. The molecular weight excluding hydrogens is 360 g/mol. The minimum atomic E-state index is -0.191. The molecule has 0 amide bonds. The lowest BCUT2D eigenvalue weighted by Gasteiger charge is -2.38. The van der Waals surface area contributed by atoms with Crippen molar-refractivity contribution in [3.8, 4) is 5.75 Å². The van der Waals surface area contributed by atoms with Crippen molar-refractivity contribution >= 4 is 28.8 Å². The number of thioether (sulfide) groups is 1. The molecule has 5 heteroatoms. The largest absolute Gasteiger partial charge is 0.464 e. The summed E-state index contributed by atoms with van der Waals surface area (Å²) in [5, 5.41) is 9.24. The lowest BCUT2D eigenvalue weighted by molar-refractivity contribution is -0.0190. The first kappa shape index (κ1) is 16.0. The Hall–Kier alpha value is -2.24. The first-order valence-corrected chi connectivity index (χ1v) is 10.7. The minimum absolute atomic E-state index is 0.191. The van der Waals surface area contributed by atoms with E-state index in [4.69, 9.17) is 9.84 Å². The highest BCUT2D eigenvalue weighted by atomic mass is 32.2. The van der Waals surface area contributed by atoms with Crippen LogP contribution in [0.3, 0.4) is 0 Å². The summed E-state index contributed by atoms with van der Waals surface area (Å²) in [5.74, 6) is 0.968. The quantitative estimate of drug-likeness (QED) is 0.546. The lowest BCUT2D eigenvalue weighted by atomic mass is 9.98. The zero-order chi connectivity index (χ0) is 17.5. The lowest BCUT2D eigenvalue weighted by Crippen LogP contribution is -2.33. The Kier molecular flexibility index (Phi) is 3.98. The fourth-order valence-corrected chi connectivity index (χ4v) is 4.74. The highest BCUT2D eigenvalue weighted by Crippen LogP contribution is 2.47. The van der Waals surface area contributed by atoms with Crippen LogP contribution in [0.15, 0.2) is 76.0 Å². The van der Waals surface area contributed by atoms with E-state index in [0.717, 1.165) is 23.4 Å². The Morgan fingerprint density at radius 2 is 1.92 bits per heavy atom. The Morgan fingerprint density at radius 1 is 1.08 bits per heavy atom. The zero-order valence-corrected chi connectivity index (χ0v) is 16.0. The average molecular weight is 379 g/mol. The molecular formula is C21H18N2OS2. The van der Waals surface area contributed by atoms with Crippen LogP contribution in [0.4, 0.5) is 0 Å². The molecule has 2 aromatic carbocycles. The van der Waals surface area contributed by atoms with E-state index in [1.807, 2.05) is 6.07 Å². The molecule has 2 atom stereocenters. The molecule has 0 fully saturated rings. The van der Waals surface area contributed by atoms with Crippen molar-refractivity contribution in [1.82, 2.24) is 5.01 Å². The van der Waals surface area contributed by atoms with Crippen molar-refractivity contribution in [2.24, 2.45) is 5.10 Å². The smallest absolute Gasteiger partial charge is 0.213 e. The van der Waals surface area contributed by atoms with E-state index in [0.29, 0.717) is 0 Å². The van der Waals surface area contributed by atoms with Gasteiger partial charge in [-0.3, -0.25) is 0 Å². The van der Waals surface area contributed by atoms with Gasteiger partial charge < -0.3 is 4.74 Å². The van der Waals surface area contributed by atoms with Gasteiger partial charge >= 0.3 is 0 Å². The number of hydrogen-bond acceptors (Lipinski definition) is 5. The molecule has 0 spiro atoms. The van der Waals surface area contributed by atoms with E-state index < -0.39 is 0 Å². The molecule has 0 saturated heterocycles. The maximum absolute atomic E-state index is 6.39. The van der Waals surface area contributed by atoms with Gasteiger partial charge in [0.2, 0.25) is 6.23 Å². The molecule has 0 unspecified atom stereocenters. The summed E-state index contributed by atoms with van der Waals surface area (Å²) in [6.07, 6.45) is 2.82. The number of benzene rings is 2. The topological polar surface area (TPSA) is 24.8 Å². The molecule has 0 saturated carbocycles. The minimum Gasteiger partial charge on any atom is -0.464 e. The summed E-state index contributed by atoms with van der Waals surface area (Å²) in [6.45, 7) is 0. The molecule has 5 rings (SSSR count). The van der Waals surface area contributed by atoms with E-state index in [2.05, 4.69) is 71.2 Å². The van der Waals surface area contributed by atoms with Gasteiger partial charge in [-0.25, -0.2) is 5.01 Å². The Morgan fingerprint density at radius 3 is 2.69 bits per heavy atom. The van der Waals surface area contributed by atoms with Crippen molar-refractivity contribution < 1.29 is 4.74 Å². The van der Waals surface area contributed by atoms with Crippen LogP contribution in [0, 0.1) is 0 Å². The number of rotatable bonds is 3. The number of ether oxygens (including phenoxy) is 1. The number of fused-ring (bicyclic) bond motifs is 3. The second-order valence-electron chi connectivity index (χ2n) is 6.41. The Bertz CT molecular complexity index is 950. The standard InChI is InChI=1S/C21H18N2OS2/c1-25-15-10-8-14(9-11-15)21-23-18(16-5-2-3-6-19(16)24-21)13-17(22-23)20-7-4-12-26-20/h2-12,18,21H,13H2,1H3/t18-,21-/m1/s1. The van der Waals surface area contributed by atoms with Crippen LogP contribution in [0.1, 0.15) is 34.7 Å². The van der Waals surface area contributed by atoms with Crippen molar-refractivity contribution in [3.63, 3.8) is 0 Å². The van der Waals surface area contributed by atoms with Gasteiger partial charge in [0.15, 0.2) is 0 Å². The monoisotopic (exact) mass is 378 g/mol. The number of nitrogens with zero attached hydrogens (tertiary/aromatic N) is 2. The van der Waals surface area contributed by atoms with Crippen LogP contribution < -0.4 is 4.74 Å². The third kappa shape index (κ3) is 2.63. The fraction of sp³-hybridized carbons (Fsp3) is 0.190. The molecule has 2 aliphatic rings.